The van der Waals surface area contributed by atoms with Gasteiger partial charge in [0, 0.05) is 0 Å². The van der Waals surface area contributed by atoms with Gasteiger partial charge in [0.15, 0.2) is 0 Å². The van der Waals surface area contributed by atoms with Crippen LogP contribution in [-0.2, 0) is 0 Å². The Bertz CT molecular complexity index is 174. The van der Waals surface area contributed by atoms with Crippen molar-refractivity contribution in [3.8, 4) is 0 Å². The van der Waals surface area contributed by atoms with Crippen LogP contribution in [0.3, 0.4) is 0 Å². The molecule has 0 nitrogen and oxygen atoms in total. The topological polar surface area (TPSA) is 0 Å². The largest absolute Gasteiger partial charge is 0.0814 e. The Morgan fingerprint density at radius 1 is 1.09 bits per heavy atom. The summed E-state index contributed by atoms with van der Waals surface area (Å²) in [5, 5.41) is 0. The van der Waals surface area contributed by atoms with E-state index in [0.717, 1.165) is 5.92 Å². The molecule has 60 valence electrons. The summed E-state index contributed by atoms with van der Waals surface area (Å²) in [5.41, 5.74) is 1.68. The molecule has 0 aromatic rings. The van der Waals surface area contributed by atoms with Gasteiger partial charge in [0.05, 0.1) is 0 Å². The summed E-state index contributed by atoms with van der Waals surface area (Å²) >= 11 is 0. The average molecular weight is 148 g/mol. The van der Waals surface area contributed by atoms with Crippen molar-refractivity contribution >= 4 is 0 Å². The highest BCUT2D eigenvalue weighted by Gasteiger charge is 2.11. The summed E-state index contributed by atoms with van der Waals surface area (Å²) < 4.78 is 0. The maximum Gasteiger partial charge on any atom is -0.0230 e. The highest BCUT2D eigenvalue weighted by atomic mass is 14.2. The summed E-state index contributed by atoms with van der Waals surface area (Å²) in [7, 11) is 0. The monoisotopic (exact) mass is 148 g/mol. The Morgan fingerprint density at radius 3 is 2.55 bits per heavy atom. The van der Waals surface area contributed by atoms with Crippen LogP contribution in [-0.4, -0.2) is 0 Å². The summed E-state index contributed by atoms with van der Waals surface area (Å²) in [4.78, 5) is 0. The first-order valence-electron chi connectivity index (χ1n) is 4.81. The quantitative estimate of drug-likeness (QED) is 0.493. The molecule has 0 N–H and O–H groups in total. The Kier molecular flexibility index (Phi) is 2.11. The fourth-order valence-electron chi connectivity index (χ4n) is 2.16. The van der Waals surface area contributed by atoms with Gasteiger partial charge in [0.1, 0.15) is 0 Å². The number of fused-ring (bicyclic) bond motifs is 5. The molecule has 3 aliphatic carbocycles. The lowest BCUT2D eigenvalue weighted by Crippen LogP contribution is -2.03. The van der Waals surface area contributed by atoms with Crippen LogP contribution in [0.2, 0.25) is 0 Å². The summed E-state index contributed by atoms with van der Waals surface area (Å²) in [6.45, 7) is 0. The van der Waals surface area contributed by atoms with Crippen LogP contribution < -0.4 is 0 Å². The van der Waals surface area contributed by atoms with Gasteiger partial charge in [0.25, 0.3) is 0 Å². The minimum absolute atomic E-state index is 0.896. The predicted octanol–water partition coefficient (Wildman–Crippen LogP) is 3.45. The zero-order valence-corrected chi connectivity index (χ0v) is 7.05. The fraction of sp³-hybridized carbons (Fsp3) is 0.636. The third kappa shape index (κ3) is 1.74. The van der Waals surface area contributed by atoms with Gasteiger partial charge >= 0.3 is 0 Å². The molecule has 2 bridgehead atoms. The molecule has 0 aliphatic heterocycles. The van der Waals surface area contributed by atoms with Crippen molar-refractivity contribution in [3.05, 3.63) is 23.8 Å². The molecule has 0 saturated heterocycles. The van der Waals surface area contributed by atoms with E-state index in [1.807, 2.05) is 0 Å². The SMILES string of the molecule is C1=CC2CCCC(=C1)CCC2. The molecule has 3 aliphatic rings. The Hall–Kier alpha value is -0.520. The Morgan fingerprint density at radius 2 is 1.82 bits per heavy atom. The van der Waals surface area contributed by atoms with Crippen LogP contribution in [0.15, 0.2) is 23.8 Å². The number of allylic oxidation sites excluding steroid dienone is 4. The molecular formula is C11H16. The van der Waals surface area contributed by atoms with Gasteiger partial charge in [0.2, 0.25) is 0 Å². The molecule has 0 amide bonds. The maximum atomic E-state index is 2.40. The fourth-order valence-corrected chi connectivity index (χ4v) is 2.16. The van der Waals surface area contributed by atoms with Gasteiger partial charge in [-0.25, -0.2) is 0 Å². The van der Waals surface area contributed by atoms with Gasteiger partial charge in [-0.05, 0) is 44.4 Å². The van der Waals surface area contributed by atoms with Crippen LogP contribution in [0, 0.1) is 5.92 Å². The highest BCUT2D eigenvalue weighted by Crippen LogP contribution is 2.28. The molecule has 0 heteroatoms. The molecule has 0 aromatic carbocycles. The van der Waals surface area contributed by atoms with Crippen molar-refractivity contribution in [3.63, 3.8) is 0 Å². The lowest BCUT2D eigenvalue weighted by molar-refractivity contribution is 0.472. The van der Waals surface area contributed by atoms with Gasteiger partial charge in [-0.3, -0.25) is 0 Å². The standard InChI is InChI=1S/C11H16/c1-4-10-6-2-7-11(5-1)9-3-8-10/h1,4-5,10H,2-3,6-9H2. The zero-order valence-electron chi connectivity index (χ0n) is 7.05. The Balaban J connectivity index is 2.18. The number of hydrogen-bond donors (Lipinski definition) is 0. The molecule has 0 heterocycles. The van der Waals surface area contributed by atoms with Crippen molar-refractivity contribution in [1.29, 1.82) is 0 Å². The molecule has 1 fully saturated rings. The molecule has 3 rings (SSSR count). The molecule has 0 radical (unpaired) electrons. The third-order valence-corrected chi connectivity index (χ3v) is 2.86. The van der Waals surface area contributed by atoms with E-state index in [1.54, 1.807) is 5.57 Å². The summed E-state index contributed by atoms with van der Waals surface area (Å²) in [6, 6.07) is 0. The second-order valence-electron chi connectivity index (χ2n) is 3.75. The van der Waals surface area contributed by atoms with E-state index >= 15 is 0 Å². The first kappa shape index (κ1) is 7.15. The normalized spacial score (nSPS) is 30.5. The van der Waals surface area contributed by atoms with Crippen LogP contribution in [0.25, 0.3) is 0 Å². The minimum atomic E-state index is 0.896. The smallest absolute Gasteiger partial charge is 0.0230 e. The van der Waals surface area contributed by atoms with Crippen molar-refractivity contribution in [1.82, 2.24) is 0 Å². The van der Waals surface area contributed by atoms with E-state index < -0.39 is 0 Å². The number of rotatable bonds is 0. The molecule has 0 unspecified atom stereocenters. The highest BCUT2D eigenvalue weighted by molar-refractivity contribution is 5.16. The average Bonchev–Trinajstić information content (AvgIpc) is 1.80. The van der Waals surface area contributed by atoms with Gasteiger partial charge in [-0.2, -0.15) is 0 Å². The van der Waals surface area contributed by atoms with Crippen molar-refractivity contribution in [2.45, 2.75) is 38.5 Å². The molecule has 0 atom stereocenters. The summed E-state index contributed by atoms with van der Waals surface area (Å²) in [5.74, 6) is 0.896. The maximum absolute atomic E-state index is 2.40. The molecule has 11 heavy (non-hydrogen) atoms. The predicted molar refractivity (Wildman–Crippen MR) is 48.4 cm³/mol. The van der Waals surface area contributed by atoms with Gasteiger partial charge < -0.3 is 0 Å². The third-order valence-electron chi connectivity index (χ3n) is 2.86. The van der Waals surface area contributed by atoms with E-state index in [1.165, 1.54) is 38.5 Å². The van der Waals surface area contributed by atoms with Gasteiger partial charge in [-0.1, -0.05) is 23.8 Å². The van der Waals surface area contributed by atoms with Crippen LogP contribution in [0.1, 0.15) is 38.5 Å². The molecule has 0 aromatic heterocycles. The van der Waals surface area contributed by atoms with Crippen LogP contribution in [0.5, 0.6) is 0 Å². The first-order valence-corrected chi connectivity index (χ1v) is 4.81. The lowest BCUT2D eigenvalue weighted by Gasteiger charge is -2.20. The zero-order chi connectivity index (χ0) is 7.52. The van der Waals surface area contributed by atoms with E-state index in [-0.39, 0.29) is 0 Å². The minimum Gasteiger partial charge on any atom is -0.0814 e. The molecule has 0 spiro atoms. The van der Waals surface area contributed by atoms with Crippen molar-refractivity contribution in [2.24, 2.45) is 5.92 Å². The van der Waals surface area contributed by atoms with E-state index in [0.29, 0.717) is 0 Å². The van der Waals surface area contributed by atoms with Crippen molar-refractivity contribution < 1.29 is 0 Å². The number of hydrogen-bond acceptors (Lipinski definition) is 0. The van der Waals surface area contributed by atoms with E-state index in [9.17, 15) is 0 Å². The van der Waals surface area contributed by atoms with Crippen LogP contribution in [0.4, 0.5) is 0 Å². The molecular weight excluding hydrogens is 132 g/mol. The van der Waals surface area contributed by atoms with Gasteiger partial charge in [-0.15, -0.1) is 0 Å². The lowest BCUT2D eigenvalue weighted by atomic mass is 9.86. The van der Waals surface area contributed by atoms with Crippen LogP contribution >= 0.6 is 0 Å². The molecule has 1 saturated carbocycles. The van der Waals surface area contributed by atoms with E-state index in [4.69, 9.17) is 0 Å². The van der Waals surface area contributed by atoms with E-state index in [2.05, 4.69) is 18.2 Å². The second kappa shape index (κ2) is 3.25. The second-order valence-corrected chi connectivity index (χ2v) is 3.75. The Labute approximate surface area is 69.0 Å². The summed E-state index contributed by atoms with van der Waals surface area (Å²) in [6.07, 6.45) is 15.4. The first-order chi connectivity index (χ1) is 5.45. The van der Waals surface area contributed by atoms with Crippen molar-refractivity contribution in [2.75, 3.05) is 0 Å².